The zero-order valence-electron chi connectivity index (χ0n) is 15.1. The van der Waals surface area contributed by atoms with Crippen LogP contribution in [0.2, 0.25) is 0 Å². The maximum Gasteiger partial charge on any atom is 0.333 e. The molecular formula is C17H31NO5. The molecule has 0 bridgehead atoms. The van der Waals surface area contributed by atoms with Crippen molar-refractivity contribution in [2.45, 2.75) is 40.2 Å². The van der Waals surface area contributed by atoms with Gasteiger partial charge in [-0.2, -0.15) is 0 Å². The van der Waals surface area contributed by atoms with Crippen molar-refractivity contribution in [1.29, 1.82) is 0 Å². The first-order valence-corrected chi connectivity index (χ1v) is 7.58. The molecule has 0 atom stereocenters. The minimum atomic E-state index is -0.403. The van der Waals surface area contributed by atoms with Crippen LogP contribution in [-0.2, 0) is 23.8 Å². The van der Waals surface area contributed by atoms with Gasteiger partial charge in [-0.3, -0.25) is 0 Å². The summed E-state index contributed by atoms with van der Waals surface area (Å²) in [5, 5.41) is 3.21. The van der Waals surface area contributed by atoms with Gasteiger partial charge in [0.1, 0.15) is 13.2 Å². The predicted octanol–water partition coefficient (Wildman–Crippen LogP) is 2.25. The van der Waals surface area contributed by atoms with Crippen molar-refractivity contribution < 1.29 is 23.8 Å². The Morgan fingerprint density at radius 3 is 2.17 bits per heavy atom. The van der Waals surface area contributed by atoms with Gasteiger partial charge in [-0.25, -0.2) is 9.59 Å². The Balaban J connectivity index is 0. The topological polar surface area (TPSA) is 73.9 Å². The van der Waals surface area contributed by atoms with E-state index in [4.69, 9.17) is 9.47 Å². The van der Waals surface area contributed by atoms with Gasteiger partial charge in [-0.05, 0) is 34.6 Å². The molecule has 134 valence electrons. The first-order chi connectivity index (χ1) is 10.6. The van der Waals surface area contributed by atoms with Gasteiger partial charge in [0, 0.05) is 30.3 Å². The molecule has 0 aliphatic rings. The fourth-order valence-corrected chi connectivity index (χ4v) is 1.10. The quantitative estimate of drug-likeness (QED) is 0.397. The average Bonchev–Trinajstić information content (AvgIpc) is 2.47. The molecule has 0 spiro atoms. The van der Waals surface area contributed by atoms with E-state index in [1.54, 1.807) is 6.92 Å². The smallest absolute Gasteiger partial charge is 0.333 e. The number of rotatable bonds is 9. The lowest BCUT2D eigenvalue weighted by Crippen LogP contribution is -2.38. The van der Waals surface area contributed by atoms with Gasteiger partial charge in [-0.1, -0.05) is 13.2 Å². The molecule has 23 heavy (non-hydrogen) atoms. The van der Waals surface area contributed by atoms with Gasteiger partial charge >= 0.3 is 11.9 Å². The number of hydrogen-bond acceptors (Lipinski definition) is 6. The normalized spacial score (nSPS) is 10.1. The van der Waals surface area contributed by atoms with Gasteiger partial charge in [0.05, 0.1) is 6.61 Å². The second-order valence-corrected chi connectivity index (χ2v) is 5.66. The molecule has 1 N–H and O–H groups in total. The number of hydrogen-bond donors (Lipinski definition) is 1. The molecule has 0 amide bonds. The lowest BCUT2D eigenvalue weighted by atomic mass is 10.1. The van der Waals surface area contributed by atoms with Crippen LogP contribution in [0.3, 0.4) is 0 Å². The largest absolute Gasteiger partial charge is 0.461 e. The summed E-state index contributed by atoms with van der Waals surface area (Å²) in [6.45, 7) is 18.9. The van der Waals surface area contributed by atoms with Crippen LogP contribution in [0.1, 0.15) is 34.6 Å². The minimum Gasteiger partial charge on any atom is -0.461 e. The highest BCUT2D eigenvalue weighted by Crippen LogP contribution is 1.97. The lowest BCUT2D eigenvalue weighted by molar-refractivity contribution is -0.139. The lowest BCUT2D eigenvalue weighted by Gasteiger charge is -2.20. The molecule has 0 saturated heterocycles. The van der Waals surface area contributed by atoms with E-state index in [0.29, 0.717) is 38.5 Å². The molecule has 0 aliphatic heterocycles. The van der Waals surface area contributed by atoms with E-state index >= 15 is 0 Å². The third-order valence-electron chi connectivity index (χ3n) is 2.18. The predicted molar refractivity (Wildman–Crippen MR) is 91.2 cm³/mol. The Bertz CT molecular complexity index is 372. The van der Waals surface area contributed by atoms with Crippen LogP contribution in [0.4, 0.5) is 0 Å². The zero-order chi connectivity index (χ0) is 18.3. The van der Waals surface area contributed by atoms with Gasteiger partial charge in [0.2, 0.25) is 0 Å². The number of carbonyl (C=O) groups is 2. The first-order valence-electron chi connectivity index (χ1n) is 7.58. The summed E-state index contributed by atoms with van der Waals surface area (Å²) in [7, 11) is 0. The highest BCUT2D eigenvalue weighted by molar-refractivity contribution is 5.86. The van der Waals surface area contributed by atoms with E-state index in [1.807, 2.05) is 6.92 Å². The molecule has 6 heteroatoms. The van der Waals surface area contributed by atoms with Crippen LogP contribution in [0.15, 0.2) is 24.8 Å². The second-order valence-electron chi connectivity index (χ2n) is 5.66. The van der Waals surface area contributed by atoms with Crippen LogP contribution >= 0.6 is 0 Å². The van der Waals surface area contributed by atoms with Gasteiger partial charge in [0.25, 0.3) is 0 Å². The summed E-state index contributed by atoms with van der Waals surface area (Å²) < 4.78 is 14.4. The molecule has 0 radical (unpaired) electrons. The van der Waals surface area contributed by atoms with E-state index in [2.05, 4.69) is 44.0 Å². The summed E-state index contributed by atoms with van der Waals surface area (Å²) >= 11 is 0. The molecule has 0 heterocycles. The Kier molecular flexibility index (Phi) is 14.3. The molecule has 0 saturated carbocycles. The molecule has 0 unspecified atom stereocenters. The average molecular weight is 329 g/mol. The summed E-state index contributed by atoms with van der Waals surface area (Å²) in [4.78, 5) is 21.3. The summed E-state index contributed by atoms with van der Waals surface area (Å²) in [6.07, 6.45) is 1.13. The van der Waals surface area contributed by atoms with Crippen LogP contribution in [0.25, 0.3) is 0 Å². The molecule has 0 fully saturated rings. The van der Waals surface area contributed by atoms with Crippen molar-refractivity contribution in [2.75, 3.05) is 33.0 Å². The van der Waals surface area contributed by atoms with Crippen molar-refractivity contribution >= 4 is 11.9 Å². The van der Waals surface area contributed by atoms with E-state index < -0.39 is 5.97 Å². The van der Waals surface area contributed by atoms with Crippen LogP contribution in [0, 0.1) is 0 Å². The van der Waals surface area contributed by atoms with Crippen molar-refractivity contribution in [1.82, 2.24) is 5.32 Å². The molecule has 0 rings (SSSR count). The molecule has 0 aromatic rings. The SMILES string of the molecule is C=C(C)C(=O)OCCNC(C)(C)C.C=CC(=O)OCCOCC. The number of ether oxygens (including phenoxy) is 3. The van der Waals surface area contributed by atoms with E-state index in [-0.39, 0.29) is 11.5 Å². The van der Waals surface area contributed by atoms with Crippen LogP contribution in [-0.4, -0.2) is 50.4 Å². The maximum atomic E-state index is 10.9. The monoisotopic (exact) mass is 329 g/mol. The maximum absolute atomic E-state index is 10.9. The Morgan fingerprint density at radius 1 is 1.13 bits per heavy atom. The third-order valence-corrected chi connectivity index (χ3v) is 2.18. The number of carbonyl (C=O) groups excluding carboxylic acids is 2. The Morgan fingerprint density at radius 2 is 1.74 bits per heavy atom. The van der Waals surface area contributed by atoms with Gasteiger partial charge < -0.3 is 19.5 Å². The molecule has 0 aromatic carbocycles. The molecule has 0 aromatic heterocycles. The molecule has 6 nitrogen and oxygen atoms in total. The summed E-state index contributed by atoms with van der Waals surface area (Å²) in [5.74, 6) is -0.726. The van der Waals surface area contributed by atoms with Crippen LogP contribution in [0.5, 0.6) is 0 Å². The highest BCUT2D eigenvalue weighted by Gasteiger charge is 2.08. The molecular weight excluding hydrogens is 298 g/mol. The number of nitrogens with one attached hydrogen (secondary N) is 1. The molecule has 0 aliphatic carbocycles. The summed E-state index contributed by atoms with van der Waals surface area (Å²) in [6, 6.07) is 0. The van der Waals surface area contributed by atoms with Crippen LogP contribution < -0.4 is 5.32 Å². The zero-order valence-corrected chi connectivity index (χ0v) is 15.1. The van der Waals surface area contributed by atoms with E-state index in [0.717, 1.165) is 6.08 Å². The van der Waals surface area contributed by atoms with E-state index in [9.17, 15) is 9.59 Å². The van der Waals surface area contributed by atoms with E-state index in [1.165, 1.54) is 0 Å². The summed E-state index contributed by atoms with van der Waals surface area (Å²) in [5.41, 5.74) is 0.506. The Hall–Kier alpha value is -1.66. The minimum absolute atomic E-state index is 0.0651. The standard InChI is InChI=1S/C10H19NO2.C7H12O3/c1-8(2)9(12)13-7-6-11-10(3,4)5;1-3-7(8)10-6-5-9-4-2/h11H,1,6-7H2,2-5H3;3H,1,4-6H2,2H3. The van der Waals surface area contributed by atoms with Crippen molar-refractivity contribution in [3.63, 3.8) is 0 Å². The first kappa shape index (κ1) is 23.6. The van der Waals surface area contributed by atoms with Crippen molar-refractivity contribution in [3.05, 3.63) is 24.8 Å². The third kappa shape index (κ3) is 20.3. The highest BCUT2D eigenvalue weighted by atomic mass is 16.6. The van der Waals surface area contributed by atoms with Gasteiger partial charge in [-0.15, -0.1) is 0 Å². The van der Waals surface area contributed by atoms with Crippen molar-refractivity contribution in [2.24, 2.45) is 0 Å². The fourth-order valence-electron chi connectivity index (χ4n) is 1.10. The fraction of sp³-hybridized carbons (Fsp3) is 0.647. The second kappa shape index (κ2) is 14.0. The number of esters is 2. The van der Waals surface area contributed by atoms with Gasteiger partial charge in [0.15, 0.2) is 0 Å². The van der Waals surface area contributed by atoms with Crippen molar-refractivity contribution in [3.8, 4) is 0 Å². The Labute approximate surface area is 139 Å².